The Kier molecular flexibility index (Phi) is 11.6. The van der Waals surface area contributed by atoms with Crippen LogP contribution in [0.2, 0.25) is 0 Å². The molecule has 1 radical (unpaired) electrons. The van der Waals surface area contributed by atoms with Crippen molar-refractivity contribution in [2.45, 2.75) is 19.3 Å². The summed E-state index contributed by atoms with van der Waals surface area (Å²) in [6, 6.07) is 27.5. The number of hydrogen-bond acceptors (Lipinski definition) is 3. The maximum atomic E-state index is 14.0. The maximum Gasteiger partial charge on any atom is 0.454 e. The molecule has 0 fully saturated rings. The van der Waals surface area contributed by atoms with Crippen LogP contribution in [0.5, 0.6) is 0 Å². The zero-order valence-corrected chi connectivity index (χ0v) is 21.3. The van der Waals surface area contributed by atoms with Crippen LogP contribution in [0, 0.1) is 56.3 Å². The van der Waals surface area contributed by atoms with E-state index in [-0.39, 0.29) is 49.4 Å². The Labute approximate surface area is 238 Å². The van der Waals surface area contributed by atoms with Crippen molar-refractivity contribution in [2.24, 2.45) is 0 Å². The summed E-state index contributed by atoms with van der Waals surface area (Å²) in [4.78, 5) is 9.86. The monoisotopic (exact) mass is 653 g/mol. The van der Waals surface area contributed by atoms with Crippen LogP contribution in [0.3, 0.4) is 0 Å². The Hall–Kier alpha value is -1.74. The molecule has 3 nitrogen and oxygen atoms in total. The summed E-state index contributed by atoms with van der Waals surface area (Å²) in [5.41, 5.74) is 1.06. The second kappa shape index (κ2) is 13.0. The molecule has 3 rings (SSSR count). The maximum absolute atomic E-state index is 14.0. The van der Waals surface area contributed by atoms with Crippen LogP contribution < -0.4 is 15.9 Å². The number of halogens is 6. The van der Waals surface area contributed by atoms with Crippen molar-refractivity contribution in [3.63, 3.8) is 0 Å². The number of aliphatic hydroxyl groups is 1. The third-order valence-electron chi connectivity index (χ3n) is 4.53. The van der Waals surface area contributed by atoms with Gasteiger partial charge < -0.3 is 9.67 Å². The molecular formula is C24H19EuF6O3P. The number of allylic oxidation sites excluding steroid dienone is 2. The number of benzene rings is 3. The first-order valence-electron chi connectivity index (χ1n) is 9.64. The predicted molar refractivity (Wildman–Crippen MR) is 118 cm³/mol. The van der Waals surface area contributed by atoms with E-state index in [4.69, 9.17) is 5.11 Å². The van der Waals surface area contributed by atoms with E-state index < -0.39 is 37.1 Å². The number of hydrogen-bond donors (Lipinski definition) is 1. The Morgan fingerprint density at radius 1 is 0.743 bits per heavy atom. The van der Waals surface area contributed by atoms with Gasteiger partial charge in [-0.05, 0) is 12.5 Å². The van der Waals surface area contributed by atoms with E-state index in [1.807, 2.05) is 91.9 Å². The van der Waals surface area contributed by atoms with Crippen LogP contribution in [-0.4, -0.2) is 23.2 Å². The summed E-state index contributed by atoms with van der Waals surface area (Å²) in [6.07, 6.45) is -11.7. The van der Waals surface area contributed by atoms with Gasteiger partial charge in [-0.25, -0.2) is 0 Å². The molecule has 0 aliphatic carbocycles. The first kappa shape index (κ1) is 31.3. The van der Waals surface area contributed by atoms with Crippen LogP contribution in [0.25, 0.3) is 0 Å². The van der Waals surface area contributed by atoms with Crippen molar-refractivity contribution < 1.29 is 90.2 Å². The number of ketones is 1. The van der Waals surface area contributed by atoms with Gasteiger partial charge in [-0.3, -0.25) is 4.79 Å². The summed E-state index contributed by atoms with van der Waals surface area (Å²) in [5, 5.41) is 10.6. The molecule has 0 saturated heterocycles. The van der Waals surface area contributed by atoms with E-state index in [0.29, 0.717) is 0 Å². The molecule has 0 spiro atoms. The van der Waals surface area contributed by atoms with Gasteiger partial charge in [-0.1, -0.05) is 84.9 Å². The second-order valence-electron chi connectivity index (χ2n) is 6.96. The number of aliphatic hydroxyl groups excluding tert-OH is 1. The SMILES string of the molecule is Cc1ccccc1P(=O)(c1ccccc1)c1ccccc1.O=C(/C=C(\O)C(F)(F)F)C(F)(F)F.[Eu]. The van der Waals surface area contributed by atoms with Gasteiger partial charge in [-0.15, -0.1) is 0 Å². The Balaban J connectivity index is 0.000000383. The molecule has 0 aliphatic heterocycles. The molecule has 0 aromatic heterocycles. The van der Waals surface area contributed by atoms with Gasteiger partial charge in [0, 0.05) is 71.4 Å². The standard InChI is InChI=1S/C19H17OP.C5H2F6O2.Eu/c1-16-10-8-9-15-19(16)21(20,17-11-4-2-5-12-17)18-13-6-3-7-14-18;6-4(7,8)2(12)1-3(13)5(9,10)11;/h2-15H,1H3;1,12H;/b;2-1-;. The molecule has 0 aliphatic rings. The molecular weight excluding hydrogens is 633 g/mol. The minimum atomic E-state index is -5.42. The van der Waals surface area contributed by atoms with Crippen molar-refractivity contribution >= 4 is 28.8 Å². The van der Waals surface area contributed by atoms with E-state index in [1.165, 1.54) is 0 Å². The van der Waals surface area contributed by atoms with Gasteiger partial charge in [0.2, 0.25) is 5.76 Å². The molecule has 0 saturated carbocycles. The average Bonchev–Trinajstić information content (AvgIpc) is 2.79. The minimum absolute atomic E-state index is 0. The largest absolute Gasteiger partial charge is 0.504 e. The second-order valence-corrected chi connectivity index (χ2v) is 9.69. The third kappa shape index (κ3) is 8.41. The number of rotatable bonds is 4. The Bertz CT molecular complexity index is 1150. The summed E-state index contributed by atoms with van der Waals surface area (Å²) in [7, 11) is -2.81. The van der Waals surface area contributed by atoms with Gasteiger partial charge in [0.15, 0.2) is 7.14 Å². The molecule has 3 aromatic carbocycles. The number of alkyl halides is 6. The molecule has 3 aromatic rings. The van der Waals surface area contributed by atoms with E-state index >= 15 is 0 Å². The molecule has 187 valence electrons. The van der Waals surface area contributed by atoms with Crippen molar-refractivity contribution in [3.8, 4) is 0 Å². The van der Waals surface area contributed by atoms with E-state index in [2.05, 4.69) is 0 Å². The minimum Gasteiger partial charge on any atom is -0.504 e. The first-order valence-corrected chi connectivity index (χ1v) is 11.3. The van der Waals surface area contributed by atoms with Crippen LogP contribution >= 0.6 is 7.14 Å². The zero-order chi connectivity index (χ0) is 25.6. The molecule has 35 heavy (non-hydrogen) atoms. The molecule has 0 atom stereocenters. The molecule has 11 heteroatoms. The van der Waals surface area contributed by atoms with Crippen molar-refractivity contribution in [1.82, 2.24) is 0 Å². The van der Waals surface area contributed by atoms with Gasteiger partial charge in [0.1, 0.15) is 0 Å². The summed E-state index contributed by atoms with van der Waals surface area (Å²) < 4.78 is 82.1. The van der Waals surface area contributed by atoms with Gasteiger partial charge in [-0.2, -0.15) is 26.3 Å². The fourth-order valence-electron chi connectivity index (χ4n) is 2.91. The number of carbonyl (C=O) groups is 1. The van der Waals surface area contributed by atoms with Crippen LogP contribution in [0.4, 0.5) is 26.3 Å². The number of aryl methyl sites for hydroxylation is 1. The fraction of sp³-hybridized carbons (Fsp3) is 0.125. The van der Waals surface area contributed by atoms with E-state index in [0.717, 1.165) is 21.5 Å². The first-order chi connectivity index (χ1) is 15.8. The van der Waals surface area contributed by atoms with Crippen LogP contribution in [0.1, 0.15) is 5.56 Å². The van der Waals surface area contributed by atoms with Crippen molar-refractivity contribution in [3.05, 3.63) is 102 Å². The molecule has 1 N–H and O–H groups in total. The quantitative estimate of drug-likeness (QED) is 0.169. The third-order valence-corrected chi connectivity index (χ3v) is 7.76. The van der Waals surface area contributed by atoms with E-state index in [1.54, 1.807) is 0 Å². The number of carbonyl (C=O) groups excluding carboxylic acids is 1. The topological polar surface area (TPSA) is 54.4 Å². The Morgan fingerprint density at radius 3 is 1.51 bits per heavy atom. The van der Waals surface area contributed by atoms with Crippen molar-refractivity contribution in [1.29, 1.82) is 0 Å². The molecule has 0 bridgehead atoms. The van der Waals surface area contributed by atoms with E-state index in [9.17, 15) is 35.7 Å². The van der Waals surface area contributed by atoms with Gasteiger partial charge in [0.05, 0.1) is 0 Å². The normalized spacial score (nSPS) is 12.1. The summed E-state index contributed by atoms with van der Waals surface area (Å²) >= 11 is 0. The van der Waals surface area contributed by atoms with Gasteiger partial charge in [0.25, 0.3) is 5.78 Å². The molecule has 0 amide bonds. The van der Waals surface area contributed by atoms with Crippen LogP contribution in [0.15, 0.2) is 96.8 Å². The summed E-state index contributed by atoms with van der Waals surface area (Å²) in [5.74, 6) is -5.34. The molecule has 0 heterocycles. The summed E-state index contributed by atoms with van der Waals surface area (Å²) in [6.45, 7) is 2.02. The predicted octanol–water partition coefficient (Wildman–Crippen LogP) is 5.76. The van der Waals surface area contributed by atoms with Crippen LogP contribution in [-0.2, 0) is 9.36 Å². The van der Waals surface area contributed by atoms with Gasteiger partial charge >= 0.3 is 12.4 Å². The fourth-order valence-corrected chi connectivity index (χ4v) is 5.81. The Morgan fingerprint density at radius 2 is 1.14 bits per heavy atom. The average molecular weight is 652 g/mol. The molecule has 0 unspecified atom stereocenters. The zero-order valence-electron chi connectivity index (χ0n) is 18.0. The van der Waals surface area contributed by atoms with Crippen molar-refractivity contribution in [2.75, 3.05) is 0 Å². The smallest absolute Gasteiger partial charge is 0.454 e.